The zero-order valence-electron chi connectivity index (χ0n) is 11.1. The Bertz CT molecular complexity index is 414. The van der Waals surface area contributed by atoms with E-state index < -0.39 is 0 Å². The Morgan fingerprint density at radius 2 is 2.11 bits per heavy atom. The minimum atomic E-state index is -0.0313. The molecule has 0 fully saturated rings. The standard InChI is InChI=1S/C14H19N3O2/c1-19-11-10-17(9-5-8-15)14(18)12-16-13-6-3-2-4-7-13/h2-4,6-7,16H,5,9-12H2,1H3. The normalized spacial score (nSPS) is 9.68. The van der Waals surface area contributed by atoms with E-state index in [1.54, 1.807) is 12.0 Å². The third-order valence-electron chi connectivity index (χ3n) is 2.63. The van der Waals surface area contributed by atoms with Crippen molar-refractivity contribution in [3.63, 3.8) is 0 Å². The van der Waals surface area contributed by atoms with Gasteiger partial charge in [0.15, 0.2) is 0 Å². The van der Waals surface area contributed by atoms with E-state index in [-0.39, 0.29) is 12.5 Å². The van der Waals surface area contributed by atoms with E-state index in [0.717, 1.165) is 5.69 Å². The molecule has 0 aliphatic carbocycles. The van der Waals surface area contributed by atoms with E-state index >= 15 is 0 Å². The van der Waals surface area contributed by atoms with Crippen molar-refractivity contribution in [2.75, 3.05) is 38.7 Å². The number of amides is 1. The molecular weight excluding hydrogens is 242 g/mol. The molecular formula is C14H19N3O2. The molecule has 0 aliphatic heterocycles. The molecule has 5 nitrogen and oxygen atoms in total. The second-order valence-corrected chi connectivity index (χ2v) is 4.00. The van der Waals surface area contributed by atoms with Crippen LogP contribution in [0.1, 0.15) is 6.42 Å². The fourth-order valence-corrected chi connectivity index (χ4v) is 1.59. The van der Waals surface area contributed by atoms with Gasteiger partial charge in [0.05, 0.1) is 25.6 Å². The molecule has 0 spiro atoms. The van der Waals surface area contributed by atoms with Crippen LogP contribution in [-0.2, 0) is 9.53 Å². The van der Waals surface area contributed by atoms with Gasteiger partial charge in [0.1, 0.15) is 0 Å². The Labute approximate surface area is 113 Å². The minimum Gasteiger partial charge on any atom is -0.383 e. The highest BCUT2D eigenvalue weighted by Crippen LogP contribution is 2.04. The van der Waals surface area contributed by atoms with Crippen molar-refractivity contribution in [1.82, 2.24) is 4.90 Å². The van der Waals surface area contributed by atoms with Crippen LogP contribution in [0.15, 0.2) is 30.3 Å². The first-order chi connectivity index (χ1) is 9.27. The van der Waals surface area contributed by atoms with Gasteiger partial charge < -0.3 is 15.0 Å². The third-order valence-corrected chi connectivity index (χ3v) is 2.63. The van der Waals surface area contributed by atoms with Gasteiger partial charge in [-0.3, -0.25) is 4.79 Å². The number of hydrogen-bond acceptors (Lipinski definition) is 4. The predicted octanol–water partition coefficient (Wildman–Crippen LogP) is 1.49. The van der Waals surface area contributed by atoms with Crippen LogP contribution < -0.4 is 5.32 Å². The average Bonchev–Trinajstić information content (AvgIpc) is 2.46. The zero-order valence-corrected chi connectivity index (χ0v) is 11.1. The van der Waals surface area contributed by atoms with E-state index in [1.165, 1.54) is 0 Å². The molecule has 5 heteroatoms. The Hall–Kier alpha value is -2.06. The lowest BCUT2D eigenvalue weighted by Crippen LogP contribution is -2.38. The number of nitrogens with zero attached hydrogens (tertiary/aromatic N) is 2. The second-order valence-electron chi connectivity index (χ2n) is 4.00. The molecule has 0 radical (unpaired) electrons. The predicted molar refractivity (Wildman–Crippen MR) is 73.6 cm³/mol. The lowest BCUT2D eigenvalue weighted by atomic mass is 10.3. The van der Waals surface area contributed by atoms with Gasteiger partial charge in [0.2, 0.25) is 5.91 Å². The summed E-state index contributed by atoms with van der Waals surface area (Å²) in [6, 6.07) is 11.6. The quantitative estimate of drug-likeness (QED) is 0.770. The number of hydrogen-bond donors (Lipinski definition) is 1. The Balaban J connectivity index is 2.44. The van der Waals surface area contributed by atoms with Gasteiger partial charge in [-0.2, -0.15) is 5.26 Å². The summed E-state index contributed by atoms with van der Waals surface area (Å²) in [5.74, 6) is -0.0313. The molecule has 1 amide bonds. The molecule has 0 unspecified atom stereocenters. The van der Waals surface area contributed by atoms with Crippen LogP contribution in [0.4, 0.5) is 5.69 Å². The molecule has 0 saturated carbocycles. The fraction of sp³-hybridized carbons (Fsp3) is 0.429. The smallest absolute Gasteiger partial charge is 0.241 e. The number of methoxy groups -OCH3 is 1. The van der Waals surface area contributed by atoms with Gasteiger partial charge in [-0.15, -0.1) is 0 Å². The Morgan fingerprint density at radius 1 is 1.37 bits per heavy atom. The maximum atomic E-state index is 12.0. The van der Waals surface area contributed by atoms with Gasteiger partial charge in [0.25, 0.3) is 0 Å². The molecule has 0 aromatic heterocycles. The van der Waals surface area contributed by atoms with Gasteiger partial charge in [0, 0.05) is 25.9 Å². The van der Waals surface area contributed by atoms with E-state index in [2.05, 4.69) is 5.32 Å². The summed E-state index contributed by atoms with van der Waals surface area (Å²) in [5, 5.41) is 11.7. The molecule has 0 saturated heterocycles. The van der Waals surface area contributed by atoms with E-state index in [9.17, 15) is 4.79 Å². The lowest BCUT2D eigenvalue weighted by molar-refractivity contribution is -0.129. The first-order valence-corrected chi connectivity index (χ1v) is 6.20. The highest BCUT2D eigenvalue weighted by molar-refractivity contribution is 5.80. The van der Waals surface area contributed by atoms with Crippen molar-refractivity contribution in [3.8, 4) is 6.07 Å². The highest BCUT2D eigenvalue weighted by Gasteiger charge is 2.12. The van der Waals surface area contributed by atoms with Gasteiger partial charge in [-0.05, 0) is 12.1 Å². The monoisotopic (exact) mass is 261 g/mol. The fourth-order valence-electron chi connectivity index (χ4n) is 1.59. The SMILES string of the molecule is COCCN(CCC#N)C(=O)CNc1ccccc1. The first kappa shape index (κ1) is 15.0. The molecule has 0 aliphatic rings. The van der Waals surface area contributed by atoms with Crippen molar-refractivity contribution in [2.24, 2.45) is 0 Å². The number of benzene rings is 1. The largest absolute Gasteiger partial charge is 0.383 e. The van der Waals surface area contributed by atoms with Crippen molar-refractivity contribution in [2.45, 2.75) is 6.42 Å². The topological polar surface area (TPSA) is 65.4 Å². The van der Waals surface area contributed by atoms with Gasteiger partial charge >= 0.3 is 0 Å². The van der Waals surface area contributed by atoms with Crippen LogP contribution in [0.5, 0.6) is 0 Å². The van der Waals surface area contributed by atoms with Crippen molar-refractivity contribution < 1.29 is 9.53 Å². The van der Waals surface area contributed by atoms with Crippen LogP contribution in [0.2, 0.25) is 0 Å². The number of anilines is 1. The third kappa shape index (κ3) is 5.89. The lowest BCUT2D eigenvalue weighted by Gasteiger charge is -2.21. The van der Waals surface area contributed by atoms with Crippen molar-refractivity contribution in [3.05, 3.63) is 30.3 Å². The summed E-state index contributed by atoms with van der Waals surface area (Å²) < 4.78 is 4.97. The Morgan fingerprint density at radius 3 is 2.74 bits per heavy atom. The number of nitrogens with one attached hydrogen (secondary N) is 1. The molecule has 102 valence electrons. The summed E-state index contributed by atoms with van der Waals surface area (Å²) in [6.45, 7) is 1.64. The zero-order chi connectivity index (χ0) is 13.9. The number of rotatable bonds is 8. The average molecular weight is 261 g/mol. The number of carbonyl (C=O) groups is 1. The molecule has 1 aromatic rings. The molecule has 1 aromatic carbocycles. The molecule has 1 rings (SSSR count). The maximum absolute atomic E-state index is 12.0. The van der Waals surface area contributed by atoms with E-state index in [0.29, 0.717) is 26.1 Å². The highest BCUT2D eigenvalue weighted by atomic mass is 16.5. The molecule has 1 N–H and O–H groups in total. The summed E-state index contributed by atoms with van der Waals surface area (Å²) in [7, 11) is 1.59. The van der Waals surface area contributed by atoms with Gasteiger partial charge in [-0.1, -0.05) is 18.2 Å². The van der Waals surface area contributed by atoms with Crippen LogP contribution in [0.3, 0.4) is 0 Å². The van der Waals surface area contributed by atoms with Crippen molar-refractivity contribution in [1.29, 1.82) is 5.26 Å². The summed E-state index contributed by atoms with van der Waals surface area (Å²) >= 11 is 0. The van der Waals surface area contributed by atoms with Crippen LogP contribution >= 0.6 is 0 Å². The van der Waals surface area contributed by atoms with E-state index in [1.807, 2.05) is 36.4 Å². The number of carbonyl (C=O) groups excluding carboxylic acids is 1. The molecule has 19 heavy (non-hydrogen) atoms. The first-order valence-electron chi connectivity index (χ1n) is 6.20. The maximum Gasteiger partial charge on any atom is 0.241 e. The molecule has 0 bridgehead atoms. The summed E-state index contributed by atoms with van der Waals surface area (Å²) in [5.41, 5.74) is 0.905. The summed E-state index contributed by atoms with van der Waals surface area (Å²) in [6.07, 6.45) is 0.334. The van der Waals surface area contributed by atoms with Crippen LogP contribution in [-0.4, -0.2) is 44.2 Å². The Kier molecular flexibility index (Phi) is 7.06. The second kappa shape index (κ2) is 8.95. The summed E-state index contributed by atoms with van der Waals surface area (Å²) in [4.78, 5) is 13.7. The number of ether oxygens (including phenoxy) is 1. The van der Waals surface area contributed by atoms with Crippen LogP contribution in [0, 0.1) is 11.3 Å². The number of nitriles is 1. The minimum absolute atomic E-state index is 0.0313. The van der Waals surface area contributed by atoms with Gasteiger partial charge in [-0.25, -0.2) is 0 Å². The van der Waals surface area contributed by atoms with Crippen molar-refractivity contribution >= 4 is 11.6 Å². The molecule has 0 atom stereocenters. The number of para-hydroxylation sites is 1. The van der Waals surface area contributed by atoms with Crippen LogP contribution in [0.25, 0.3) is 0 Å². The molecule has 0 heterocycles. The van der Waals surface area contributed by atoms with E-state index in [4.69, 9.17) is 10.00 Å².